The van der Waals surface area contributed by atoms with Gasteiger partial charge in [-0.25, -0.2) is 0 Å². The quantitative estimate of drug-likeness (QED) is 0.604. The van der Waals surface area contributed by atoms with Gasteiger partial charge in [-0.05, 0) is 48.6 Å². The lowest BCUT2D eigenvalue weighted by atomic mass is 9.91. The molecule has 120 valence electrons. The van der Waals surface area contributed by atoms with Gasteiger partial charge in [0.2, 0.25) is 0 Å². The van der Waals surface area contributed by atoms with Gasteiger partial charge in [0, 0.05) is 33.7 Å². The standard InChI is InChI=1S/C19H19BrN2.ClH/c20-14-9-10-17-16(11-14)15-7-4-8-18(19(15)22-17)21-12-13-5-2-1-3-6-13;/h1-3,5-6,9-11,18,21-22H,4,7-8,12H2;1H/t18-;/m1./s1. The molecule has 0 amide bonds. The molecule has 0 aliphatic heterocycles. The molecule has 0 saturated heterocycles. The molecule has 2 nitrogen and oxygen atoms in total. The first-order valence-electron chi connectivity index (χ1n) is 7.88. The van der Waals surface area contributed by atoms with E-state index in [1.54, 1.807) is 0 Å². The molecule has 2 aromatic carbocycles. The minimum Gasteiger partial charge on any atom is -0.357 e. The van der Waals surface area contributed by atoms with Gasteiger partial charge in [-0.2, -0.15) is 0 Å². The summed E-state index contributed by atoms with van der Waals surface area (Å²) in [6.45, 7) is 0.921. The van der Waals surface area contributed by atoms with E-state index in [0.717, 1.165) is 11.0 Å². The fourth-order valence-corrected chi connectivity index (χ4v) is 3.84. The Kier molecular flexibility index (Phi) is 5.10. The Morgan fingerprint density at radius 3 is 2.78 bits per heavy atom. The number of aromatic nitrogens is 1. The van der Waals surface area contributed by atoms with Crippen LogP contribution in [-0.2, 0) is 13.0 Å². The van der Waals surface area contributed by atoms with Crippen LogP contribution in [0.15, 0.2) is 53.0 Å². The first-order chi connectivity index (χ1) is 10.8. The minimum atomic E-state index is 0. The number of hydrogen-bond acceptors (Lipinski definition) is 1. The summed E-state index contributed by atoms with van der Waals surface area (Å²) in [5, 5.41) is 5.10. The van der Waals surface area contributed by atoms with E-state index in [-0.39, 0.29) is 12.4 Å². The zero-order valence-corrected chi connectivity index (χ0v) is 15.2. The van der Waals surface area contributed by atoms with E-state index in [9.17, 15) is 0 Å². The third-order valence-electron chi connectivity index (χ3n) is 4.56. The summed E-state index contributed by atoms with van der Waals surface area (Å²) in [6, 6.07) is 17.6. The van der Waals surface area contributed by atoms with E-state index in [1.165, 1.54) is 47.0 Å². The Morgan fingerprint density at radius 1 is 1.13 bits per heavy atom. The molecule has 0 spiro atoms. The normalized spacial score (nSPS) is 16.8. The van der Waals surface area contributed by atoms with Crippen LogP contribution in [0, 0.1) is 0 Å². The highest BCUT2D eigenvalue weighted by atomic mass is 79.9. The largest absolute Gasteiger partial charge is 0.357 e. The van der Waals surface area contributed by atoms with Crippen molar-refractivity contribution in [3.63, 3.8) is 0 Å². The first kappa shape index (κ1) is 16.6. The number of nitrogens with one attached hydrogen (secondary N) is 2. The van der Waals surface area contributed by atoms with Gasteiger partial charge >= 0.3 is 0 Å². The molecule has 1 aromatic heterocycles. The van der Waals surface area contributed by atoms with Crippen LogP contribution >= 0.6 is 28.3 Å². The Bertz CT molecular complexity index is 798. The molecule has 23 heavy (non-hydrogen) atoms. The lowest BCUT2D eigenvalue weighted by Gasteiger charge is -2.24. The molecule has 3 aromatic rings. The highest BCUT2D eigenvalue weighted by molar-refractivity contribution is 9.10. The number of fused-ring (bicyclic) bond motifs is 3. The van der Waals surface area contributed by atoms with Crippen molar-refractivity contribution in [2.45, 2.75) is 31.8 Å². The fraction of sp³-hybridized carbons (Fsp3) is 0.263. The van der Waals surface area contributed by atoms with E-state index >= 15 is 0 Å². The molecule has 1 aliphatic rings. The van der Waals surface area contributed by atoms with Gasteiger partial charge in [0.15, 0.2) is 0 Å². The van der Waals surface area contributed by atoms with Crippen LogP contribution in [0.2, 0.25) is 0 Å². The lowest BCUT2D eigenvalue weighted by molar-refractivity contribution is 0.452. The van der Waals surface area contributed by atoms with Crippen LogP contribution < -0.4 is 5.32 Å². The van der Waals surface area contributed by atoms with Crippen LogP contribution in [0.3, 0.4) is 0 Å². The summed E-state index contributed by atoms with van der Waals surface area (Å²) in [5.74, 6) is 0. The predicted molar refractivity (Wildman–Crippen MR) is 102 cm³/mol. The van der Waals surface area contributed by atoms with E-state index in [1.807, 2.05) is 0 Å². The third kappa shape index (κ3) is 3.32. The van der Waals surface area contributed by atoms with Crippen LogP contribution in [0.25, 0.3) is 10.9 Å². The van der Waals surface area contributed by atoms with Crippen molar-refractivity contribution in [2.24, 2.45) is 0 Å². The molecule has 2 N–H and O–H groups in total. The summed E-state index contributed by atoms with van der Waals surface area (Å²) >= 11 is 3.59. The minimum absolute atomic E-state index is 0. The van der Waals surface area contributed by atoms with Crippen LogP contribution in [-0.4, -0.2) is 4.98 Å². The predicted octanol–water partition coefficient (Wildman–Crippen LogP) is 5.52. The average Bonchev–Trinajstić information content (AvgIpc) is 2.92. The topological polar surface area (TPSA) is 27.8 Å². The smallest absolute Gasteiger partial charge is 0.0478 e. The van der Waals surface area contributed by atoms with Crippen molar-refractivity contribution in [1.82, 2.24) is 10.3 Å². The molecule has 4 heteroatoms. The maximum absolute atomic E-state index is 3.73. The Labute approximate surface area is 151 Å². The van der Waals surface area contributed by atoms with E-state index in [0.29, 0.717) is 6.04 Å². The first-order valence-corrected chi connectivity index (χ1v) is 8.68. The number of H-pyrrole nitrogens is 1. The van der Waals surface area contributed by atoms with E-state index < -0.39 is 0 Å². The van der Waals surface area contributed by atoms with Crippen molar-refractivity contribution in [2.75, 3.05) is 0 Å². The number of benzene rings is 2. The van der Waals surface area contributed by atoms with Crippen LogP contribution in [0.4, 0.5) is 0 Å². The third-order valence-corrected chi connectivity index (χ3v) is 5.06. The monoisotopic (exact) mass is 390 g/mol. The van der Waals surface area contributed by atoms with Gasteiger partial charge < -0.3 is 10.3 Å². The molecular formula is C19H20BrClN2. The highest BCUT2D eigenvalue weighted by Crippen LogP contribution is 2.35. The fourth-order valence-electron chi connectivity index (χ4n) is 3.48. The number of halogens is 2. The molecule has 1 atom stereocenters. The molecule has 0 saturated carbocycles. The van der Waals surface area contributed by atoms with E-state index in [4.69, 9.17) is 0 Å². The number of rotatable bonds is 3. The molecular weight excluding hydrogens is 372 g/mol. The second kappa shape index (κ2) is 7.08. The summed E-state index contributed by atoms with van der Waals surface area (Å²) in [7, 11) is 0. The zero-order valence-electron chi connectivity index (χ0n) is 12.8. The van der Waals surface area contributed by atoms with Gasteiger partial charge in [0.05, 0.1) is 0 Å². The molecule has 0 bridgehead atoms. The summed E-state index contributed by atoms with van der Waals surface area (Å²) < 4.78 is 1.15. The Balaban J connectivity index is 0.00000156. The molecule has 0 radical (unpaired) electrons. The maximum atomic E-state index is 3.73. The van der Waals surface area contributed by atoms with Crippen molar-refractivity contribution in [3.8, 4) is 0 Å². The van der Waals surface area contributed by atoms with Crippen LogP contribution in [0.1, 0.15) is 35.7 Å². The molecule has 1 heterocycles. The highest BCUT2D eigenvalue weighted by Gasteiger charge is 2.23. The molecule has 0 unspecified atom stereocenters. The summed E-state index contributed by atoms with van der Waals surface area (Å²) in [4.78, 5) is 3.65. The second-order valence-electron chi connectivity index (χ2n) is 6.02. The average molecular weight is 392 g/mol. The lowest BCUT2D eigenvalue weighted by Crippen LogP contribution is -2.24. The summed E-state index contributed by atoms with van der Waals surface area (Å²) in [5.41, 5.74) is 5.47. The van der Waals surface area contributed by atoms with Gasteiger partial charge in [-0.15, -0.1) is 12.4 Å². The van der Waals surface area contributed by atoms with Gasteiger partial charge in [0.25, 0.3) is 0 Å². The Morgan fingerprint density at radius 2 is 1.96 bits per heavy atom. The SMILES string of the molecule is Brc1ccc2[nH]c3c(c2c1)CCC[C@H]3NCc1ccccc1.Cl. The van der Waals surface area contributed by atoms with Crippen molar-refractivity contribution in [1.29, 1.82) is 0 Å². The van der Waals surface area contributed by atoms with Crippen LogP contribution in [0.5, 0.6) is 0 Å². The van der Waals surface area contributed by atoms with Crippen molar-refractivity contribution < 1.29 is 0 Å². The second-order valence-corrected chi connectivity index (χ2v) is 6.93. The van der Waals surface area contributed by atoms with Gasteiger partial charge in [0.1, 0.15) is 0 Å². The van der Waals surface area contributed by atoms with Crippen molar-refractivity contribution in [3.05, 3.63) is 69.8 Å². The molecule has 4 rings (SSSR count). The number of aromatic amines is 1. The Hall–Kier alpha value is -1.29. The molecule has 1 aliphatic carbocycles. The van der Waals surface area contributed by atoms with Gasteiger partial charge in [-0.1, -0.05) is 46.3 Å². The zero-order chi connectivity index (χ0) is 14.9. The summed E-state index contributed by atoms with van der Waals surface area (Å²) in [6.07, 6.45) is 3.63. The maximum Gasteiger partial charge on any atom is 0.0478 e. The van der Waals surface area contributed by atoms with Crippen molar-refractivity contribution >= 4 is 39.2 Å². The van der Waals surface area contributed by atoms with Gasteiger partial charge in [-0.3, -0.25) is 0 Å². The number of aryl methyl sites for hydroxylation is 1. The van der Waals surface area contributed by atoms with E-state index in [2.05, 4.69) is 74.8 Å². The molecule has 0 fully saturated rings. The number of hydrogen-bond donors (Lipinski definition) is 2.